The number of hydrogen-bond acceptors (Lipinski definition) is 4. The predicted octanol–water partition coefficient (Wildman–Crippen LogP) is 4.73. The van der Waals surface area contributed by atoms with Crippen molar-refractivity contribution in [1.29, 1.82) is 0 Å². The molecule has 0 radical (unpaired) electrons. The minimum Gasteiger partial charge on any atom is -0.383 e. The van der Waals surface area contributed by atoms with Crippen LogP contribution in [0.4, 0.5) is 11.4 Å². The normalized spacial score (nSPS) is 10.8. The molecule has 0 bridgehead atoms. The molecule has 3 aromatic rings. The Labute approximate surface area is 168 Å². The van der Waals surface area contributed by atoms with E-state index in [-0.39, 0.29) is 11.5 Å². The van der Waals surface area contributed by atoms with E-state index in [1.54, 1.807) is 18.2 Å². The summed E-state index contributed by atoms with van der Waals surface area (Å²) in [5, 5.41) is 10.9. The van der Waals surface area contributed by atoms with E-state index in [4.69, 9.17) is 23.2 Å². The highest BCUT2D eigenvalue weighted by molar-refractivity contribution is 6.40. The Morgan fingerprint density at radius 1 is 1.04 bits per heavy atom. The number of carbonyl (C=O) groups excluding carboxylic acids is 1. The molecule has 0 aliphatic rings. The molecule has 5 nitrogen and oxygen atoms in total. The Morgan fingerprint density at radius 3 is 2.44 bits per heavy atom. The lowest BCUT2D eigenvalue weighted by molar-refractivity contribution is 0.102. The summed E-state index contributed by atoms with van der Waals surface area (Å²) in [6.07, 6.45) is 0. The number of aromatic nitrogens is 1. The number of benzene rings is 2. The molecule has 3 N–H and O–H groups in total. The Balaban J connectivity index is 1.99. The largest absolute Gasteiger partial charge is 0.383 e. The number of halogens is 2. The third-order valence-electron chi connectivity index (χ3n) is 4.10. The average Bonchev–Trinajstić information content (AvgIpc) is 2.62. The first kappa shape index (κ1) is 19.4. The summed E-state index contributed by atoms with van der Waals surface area (Å²) in [4.78, 5) is 17.4. The molecule has 0 aliphatic carbocycles. The van der Waals surface area contributed by atoms with E-state index in [0.717, 1.165) is 29.9 Å². The highest BCUT2D eigenvalue weighted by Crippen LogP contribution is 2.30. The summed E-state index contributed by atoms with van der Waals surface area (Å²) in [6, 6.07) is 12.6. The molecule has 0 aliphatic heterocycles. The van der Waals surface area contributed by atoms with Crippen molar-refractivity contribution in [3.63, 3.8) is 0 Å². The maximum atomic E-state index is 12.7. The van der Waals surface area contributed by atoms with E-state index >= 15 is 0 Å². The molecule has 0 unspecified atom stereocenters. The fraction of sp³-hybridized carbons (Fsp3) is 0.200. The molecule has 1 amide bonds. The summed E-state index contributed by atoms with van der Waals surface area (Å²) in [5.41, 5.74) is 3.39. The third-order valence-corrected chi connectivity index (χ3v) is 4.73. The second kappa shape index (κ2) is 8.57. The summed E-state index contributed by atoms with van der Waals surface area (Å²) < 4.78 is 0. The molecule has 0 saturated carbocycles. The van der Waals surface area contributed by atoms with Crippen molar-refractivity contribution < 1.29 is 4.79 Å². The predicted molar refractivity (Wildman–Crippen MR) is 113 cm³/mol. The average molecular weight is 403 g/mol. The zero-order valence-corrected chi connectivity index (χ0v) is 16.6. The first-order valence-electron chi connectivity index (χ1n) is 8.55. The van der Waals surface area contributed by atoms with Crippen molar-refractivity contribution >= 4 is 51.4 Å². The number of carbonyl (C=O) groups is 1. The fourth-order valence-electron chi connectivity index (χ4n) is 2.85. The van der Waals surface area contributed by atoms with Crippen LogP contribution in [0.3, 0.4) is 0 Å². The Kier molecular flexibility index (Phi) is 6.16. The van der Waals surface area contributed by atoms with Gasteiger partial charge < -0.3 is 16.0 Å². The van der Waals surface area contributed by atoms with E-state index < -0.39 is 0 Å². The molecule has 1 aromatic heterocycles. The number of fused-ring (bicyclic) bond motifs is 1. The standard InChI is InChI=1S/C20H20Cl2N4O/c1-12-11-17(24-10-9-23-2)13-5-3-8-16(19(13)25-12)26-20(27)18-14(21)6-4-7-15(18)22/h3-8,11,23H,9-10H2,1-2H3,(H,24,25)(H,26,27). The molecule has 2 aromatic carbocycles. The van der Waals surface area contributed by atoms with Gasteiger partial charge in [0.1, 0.15) is 0 Å². The van der Waals surface area contributed by atoms with Gasteiger partial charge in [-0.15, -0.1) is 0 Å². The summed E-state index contributed by atoms with van der Waals surface area (Å²) in [7, 11) is 1.91. The second-order valence-electron chi connectivity index (χ2n) is 6.09. The molecule has 3 rings (SSSR count). The van der Waals surface area contributed by atoms with E-state index in [1.165, 1.54) is 0 Å². The smallest absolute Gasteiger partial charge is 0.258 e. The van der Waals surface area contributed by atoms with Crippen molar-refractivity contribution in [2.24, 2.45) is 0 Å². The van der Waals surface area contributed by atoms with Crippen LogP contribution < -0.4 is 16.0 Å². The van der Waals surface area contributed by atoms with Crippen LogP contribution in [0.2, 0.25) is 10.0 Å². The number of nitrogens with one attached hydrogen (secondary N) is 3. The summed E-state index contributed by atoms with van der Waals surface area (Å²) in [5.74, 6) is -0.369. The minimum atomic E-state index is -0.369. The quantitative estimate of drug-likeness (QED) is 0.521. The van der Waals surface area contributed by atoms with Gasteiger partial charge in [-0.05, 0) is 38.2 Å². The molecule has 140 valence electrons. The molecule has 0 saturated heterocycles. The lowest BCUT2D eigenvalue weighted by Crippen LogP contribution is -2.18. The number of hydrogen-bond donors (Lipinski definition) is 3. The minimum absolute atomic E-state index is 0.248. The van der Waals surface area contributed by atoms with Crippen LogP contribution in [0, 0.1) is 6.92 Å². The Morgan fingerprint density at radius 2 is 1.74 bits per heavy atom. The Hall–Kier alpha value is -2.34. The summed E-state index contributed by atoms with van der Waals surface area (Å²) in [6.45, 7) is 3.54. The van der Waals surface area contributed by atoms with Gasteiger partial charge in [-0.2, -0.15) is 0 Å². The third kappa shape index (κ3) is 4.33. The molecule has 0 spiro atoms. The summed E-state index contributed by atoms with van der Waals surface area (Å²) >= 11 is 12.3. The number of likely N-dealkylation sites (N-methyl/N-ethyl adjacent to an activating group) is 1. The van der Waals surface area contributed by atoms with Crippen molar-refractivity contribution in [3.8, 4) is 0 Å². The van der Waals surface area contributed by atoms with Crippen molar-refractivity contribution in [2.75, 3.05) is 30.8 Å². The van der Waals surface area contributed by atoms with Gasteiger partial charge in [-0.3, -0.25) is 9.78 Å². The first-order chi connectivity index (χ1) is 13.0. The molecular formula is C20H20Cl2N4O. The van der Waals surface area contributed by atoms with Gasteiger partial charge in [-0.25, -0.2) is 0 Å². The van der Waals surface area contributed by atoms with Crippen molar-refractivity contribution in [1.82, 2.24) is 10.3 Å². The maximum absolute atomic E-state index is 12.7. The number of pyridine rings is 1. The zero-order valence-electron chi connectivity index (χ0n) is 15.1. The highest BCUT2D eigenvalue weighted by atomic mass is 35.5. The molecule has 0 atom stereocenters. The number of anilines is 2. The van der Waals surface area contributed by atoms with E-state index in [0.29, 0.717) is 21.2 Å². The van der Waals surface area contributed by atoms with Crippen LogP contribution in [0.15, 0.2) is 42.5 Å². The van der Waals surface area contributed by atoms with Gasteiger partial charge in [0, 0.05) is 29.9 Å². The topological polar surface area (TPSA) is 66.1 Å². The van der Waals surface area contributed by atoms with Crippen molar-refractivity contribution in [3.05, 3.63) is 63.8 Å². The monoisotopic (exact) mass is 402 g/mol. The SMILES string of the molecule is CNCCNc1cc(C)nc2c(NC(=O)c3c(Cl)cccc3Cl)cccc12. The second-order valence-corrected chi connectivity index (χ2v) is 6.91. The molecular weight excluding hydrogens is 383 g/mol. The van der Waals surface area contributed by atoms with Gasteiger partial charge in [0.25, 0.3) is 5.91 Å². The molecule has 1 heterocycles. The van der Waals surface area contributed by atoms with E-state index in [2.05, 4.69) is 20.9 Å². The Bertz CT molecular complexity index is 971. The van der Waals surface area contributed by atoms with Crippen LogP contribution in [0.5, 0.6) is 0 Å². The number of rotatable bonds is 6. The lowest BCUT2D eigenvalue weighted by atomic mass is 10.1. The molecule has 0 fully saturated rings. The lowest BCUT2D eigenvalue weighted by Gasteiger charge is -2.14. The van der Waals surface area contributed by atoms with Crippen LogP contribution in [-0.2, 0) is 0 Å². The zero-order chi connectivity index (χ0) is 19.4. The van der Waals surface area contributed by atoms with E-state index in [9.17, 15) is 4.79 Å². The molecule has 27 heavy (non-hydrogen) atoms. The maximum Gasteiger partial charge on any atom is 0.258 e. The van der Waals surface area contributed by atoms with Crippen molar-refractivity contribution in [2.45, 2.75) is 6.92 Å². The number of nitrogens with zero attached hydrogens (tertiary/aromatic N) is 1. The number of para-hydroxylation sites is 1. The van der Waals surface area contributed by atoms with E-state index in [1.807, 2.05) is 38.2 Å². The van der Waals surface area contributed by atoms with Gasteiger partial charge in [0.2, 0.25) is 0 Å². The van der Waals surface area contributed by atoms with Crippen LogP contribution in [0.1, 0.15) is 16.1 Å². The first-order valence-corrected chi connectivity index (χ1v) is 9.31. The van der Waals surface area contributed by atoms with Gasteiger partial charge in [0.05, 0.1) is 26.8 Å². The van der Waals surface area contributed by atoms with Gasteiger partial charge in [0.15, 0.2) is 0 Å². The highest BCUT2D eigenvalue weighted by Gasteiger charge is 2.16. The number of amides is 1. The van der Waals surface area contributed by atoms with Gasteiger partial charge >= 0.3 is 0 Å². The fourth-order valence-corrected chi connectivity index (χ4v) is 3.41. The number of aryl methyl sites for hydroxylation is 1. The van der Waals surface area contributed by atoms with Crippen LogP contribution >= 0.6 is 23.2 Å². The van der Waals surface area contributed by atoms with Gasteiger partial charge in [-0.1, -0.05) is 41.4 Å². The molecule has 7 heteroatoms. The van der Waals surface area contributed by atoms with Crippen LogP contribution in [0.25, 0.3) is 10.9 Å². The van der Waals surface area contributed by atoms with Crippen LogP contribution in [-0.4, -0.2) is 31.0 Å².